The lowest BCUT2D eigenvalue weighted by Crippen LogP contribution is -2.22. The van der Waals surface area contributed by atoms with Gasteiger partial charge in [-0.1, -0.05) is 23.5 Å². The minimum absolute atomic E-state index is 0.149. The van der Waals surface area contributed by atoms with Crippen molar-refractivity contribution in [1.29, 1.82) is 0 Å². The van der Waals surface area contributed by atoms with Gasteiger partial charge in [-0.25, -0.2) is 4.98 Å². The number of hydrogen-bond acceptors (Lipinski definition) is 6. The molecule has 0 radical (unpaired) electrons. The molecule has 0 aliphatic heterocycles. The summed E-state index contributed by atoms with van der Waals surface area (Å²) in [5, 5.41) is 5.21. The Kier molecular flexibility index (Phi) is 4.29. The number of benzene rings is 1. The summed E-state index contributed by atoms with van der Waals surface area (Å²) in [6.45, 7) is 3.64. The minimum atomic E-state index is -0.149. The van der Waals surface area contributed by atoms with Crippen molar-refractivity contribution in [3.63, 3.8) is 0 Å². The van der Waals surface area contributed by atoms with Gasteiger partial charge in [0.15, 0.2) is 0 Å². The van der Waals surface area contributed by atoms with Gasteiger partial charge < -0.3 is 9.80 Å². The highest BCUT2D eigenvalue weighted by atomic mass is 32.1. The van der Waals surface area contributed by atoms with E-state index >= 15 is 0 Å². The largest absolute Gasteiger partial charge is 0.378 e. The molecule has 6 nitrogen and oxygen atoms in total. The van der Waals surface area contributed by atoms with E-state index in [0.717, 1.165) is 18.2 Å². The van der Waals surface area contributed by atoms with Crippen LogP contribution in [-0.2, 0) is 6.54 Å². The lowest BCUT2D eigenvalue weighted by atomic mass is 10.2. The number of nitrogens with zero attached hydrogens (tertiary/aromatic N) is 5. The highest BCUT2D eigenvalue weighted by molar-refractivity contribution is 7.20. The van der Waals surface area contributed by atoms with Crippen LogP contribution in [0.25, 0.3) is 4.96 Å². The molecular formula is C16H19N5OS. The molecule has 120 valence electrons. The summed E-state index contributed by atoms with van der Waals surface area (Å²) in [6, 6.07) is 9.87. The van der Waals surface area contributed by atoms with Crippen molar-refractivity contribution in [3.8, 4) is 0 Å². The van der Waals surface area contributed by atoms with Gasteiger partial charge in [-0.05, 0) is 24.6 Å². The Bertz CT molecular complexity index is 853. The molecule has 2 heterocycles. The molecule has 2 aromatic heterocycles. The van der Waals surface area contributed by atoms with Gasteiger partial charge in [0.2, 0.25) is 10.1 Å². The van der Waals surface area contributed by atoms with Gasteiger partial charge in [-0.3, -0.25) is 4.79 Å². The maximum Gasteiger partial charge on any atom is 0.275 e. The second-order valence-corrected chi connectivity index (χ2v) is 6.37. The van der Waals surface area contributed by atoms with Crippen LogP contribution in [0.3, 0.4) is 0 Å². The first kappa shape index (κ1) is 15.5. The molecule has 23 heavy (non-hydrogen) atoms. The van der Waals surface area contributed by atoms with Gasteiger partial charge in [0.25, 0.3) is 5.56 Å². The van der Waals surface area contributed by atoms with E-state index in [4.69, 9.17) is 0 Å². The number of aromatic nitrogens is 3. The van der Waals surface area contributed by atoms with Crippen LogP contribution in [0.1, 0.15) is 12.5 Å². The predicted octanol–water partition coefficient (Wildman–Crippen LogP) is 2.24. The first-order chi connectivity index (χ1) is 11.1. The van der Waals surface area contributed by atoms with Crippen molar-refractivity contribution in [2.45, 2.75) is 13.5 Å². The van der Waals surface area contributed by atoms with E-state index in [1.165, 1.54) is 39.4 Å². The van der Waals surface area contributed by atoms with E-state index in [1.807, 2.05) is 14.1 Å². The molecule has 0 unspecified atom stereocenters. The zero-order chi connectivity index (χ0) is 16.4. The Morgan fingerprint density at radius 2 is 1.91 bits per heavy atom. The molecule has 0 amide bonds. The van der Waals surface area contributed by atoms with Crippen LogP contribution in [0, 0.1) is 0 Å². The third kappa shape index (κ3) is 3.19. The summed E-state index contributed by atoms with van der Waals surface area (Å²) in [4.78, 5) is 20.8. The van der Waals surface area contributed by atoms with E-state index in [0.29, 0.717) is 4.96 Å². The monoisotopic (exact) mass is 329 g/mol. The molecule has 0 atom stereocenters. The first-order valence-electron chi connectivity index (χ1n) is 7.44. The molecule has 0 aliphatic rings. The van der Waals surface area contributed by atoms with Crippen molar-refractivity contribution in [1.82, 2.24) is 14.6 Å². The predicted molar refractivity (Wildman–Crippen MR) is 94.6 cm³/mol. The molecule has 0 spiro atoms. The average molecular weight is 329 g/mol. The van der Waals surface area contributed by atoms with Gasteiger partial charge in [0.1, 0.15) is 0 Å². The van der Waals surface area contributed by atoms with Gasteiger partial charge in [-0.15, -0.1) is 5.10 Å². The summed E-state index contributed by atoms with van der Waals surface area (Å²) in [7, 11) is 4.05. The molecule has 3 aromatic rings. The quantitative estimate of drug-likeness (QED) is 0.718. The third-order valence-electron chi connectivity index (χ3n) is 3.64. The second kappa shape index (κ2) is 6.37. The standard InChI is InChI=1S/C16H19N5OS/c1-4-20(11-12-5-7-13(8-6-12)19(2)3)16-18-21-14(22)9-10-17-15(21)23-16/h5-10H,4,11H2,1-3H3. The topological polar surface area (TPSA) is 53.7 Å². The lowest BCUT2D eigenvalue weighted by Gasteiger charge is -2.20. The highest BCUT2D eigenvalue weighted by Gasteiger charge is 2.13. The second-order valence-electron chi connectivity index (χ2n) is 5.44. The SMILES string of the molecule is CCN(Cc1ccc(N(C)C)cc1)c1nn2c(=O)ccnc2s1. The fourth-order valence-electron chi connectivity index (χ4n) is 2.30. The lowest BCUT2D eigenvalue weighted by molar-refractivity contribution is 0.794. The number of hydrogen-bond donors (Lipinski definition) is 0. The molecule has 7 heteroatoms. The Morgan fingerprint density at radius 3 is 2.52 bits per heavy atom. The van der Waals surface area contributed by atoms with Crippen molar-refractivity contribution >= 4 is 27.1 Å². The summed E-state index contributed by atoms with van der Waals surface area (Å²) < 4.78 is 1.36. The zero-order valence-corrected chi connectivity index (χ0v) is 14.2. The van der Waals surface area contributed by atoms with Crippen molar-refractivity contribution in [2.75, 3.05) is 30.4 Å². The van der Waals surface area contributed by atoms with Gasteiger partial charge >= 0.3 is 0 Å². The number of fused-ring (bicyclic) bond motifs is 1. The molecule has 0 bridgehead atoms. The van der Waals surface area contributed by atoms with E-state index in [-0.39, 0.29) is 5.56 Å². The van der Waals surface area contributed by atoms with Crippen LogP contribution in [0.5, 0.6) is 0 Å². The minimum Gasteiger partial charge on any atom is -0.378 e. The normalized spacial score (nSPS) is 10.9. The fourth-order valence-corrected chi connectivity index (χ4v) is 3.24. The Balaban J connectivity index is 1.86. The van der Waals surface area contributed by atoms with Crippen LogP contribution < -0.4 is 15.4 Å². The summed E-state index contributed by atoms with van der Waals surface area (Å²) >= 11 is 1.43. The maximum absolute atomic E-state index is 11.8. The molecule has 3 rings (SSSR count). The van der Waals surface area contributed by atoms with Gasteiger partial charge in [0, 0.05) is 45.1 Å². The number of rotatable bonds is 5. The highest BCUT2D eigenvalue weighted by Crippen LogP contribution is 2.23. The van der Waals surface area contributed by atoms with E-state index in [2.05, 4.69) is 51.1 Å². The van der Waals surface area contributed by atoms with Crippen LogP contribution in [0.4, 0.5) is 10.8 Å². The van der Waals surface area contributed by atoms with Crippen LogP contribution in [-0.4, -0.2) is 35.2 Å². The first-order valence-corrected chi connectivity index (χ1v) is 8.26. The molecule has 0 N–H and O–H groups in total. The van der Waals surface area contributed by atoms with Gasteiger partial charge in [0.05, 0.1) is 0 Å². The third-order valence-corrected chi connectivity index (χ3v) is 4.62. The van der Waals surface area contributed by atoms with E-state index < -0.39 is 0 Å². The maximum atomic E-state index is 11.8. The Labute approximate surface area is 138 Å². The molecule has 0 saturated carbocycles. The van der Waals surface area contributed by atoms with Gasteiger partial charge in [-0.2, -0.15) is 4.52 Å². The van der Waals surface area contributed by atoms with E-state index in [9.17, 15) is 4.79 Å². The molecule has 1 aromatic carbocycles. The van der Waals surface area contributed by atoms with Crippen LogP contribution in [0.2, 0.25) is 0 Å². The van der Waals surface area contributed by atoms with Crippen LogP contribution >= 0.6 is 11.3 Å². The summed E-state index contributed by atoms with van der Waals surface area (Å²) in [5.74, 6) is 0. The average Bonchev–Trinajstić information content (AvgIpc) is 2.98. The van der Waals surface area contributed by atoms with Crippen LogP contribution in [0.15, 0.2) is 41.3 Å². The van der Waals surface area contributed by atoms with Crippen molar-refractivity contribution in [2.24, 2.45) is 0 Å². The number of anilines is 2. The Hall–Kier alpha value is -2.41. The fraction of sp³-hybridized carbons (Fsp3) is 0.312. The van der Waals surface area contributed by atoms with E-state index in [1.54, 1.807) is 0 Å². The smallest absolute Gasteiger partial charge is 0.275 e. The summed E-state index contributed by atoms with van der Waals surface area (Å²) in [6.07, 6.45) is 1.52. The molecular weight excluding hydrogens is 310 g/mol. The molecule has 0 saturated heterocycles. The zero-order valence-electron chi connectivity index (χ0n) is 13.4. The van der Waals surface area contributed by atoms with Crippen molar-refractivity contribution in [3.05, 3.63) is 52.4 Å². The van der Waals surface area contributed by atoms with Crippen molar-refractivity contribution < 1.29 is 0 Å². The molecule has 0 fully saturated rings. The summed E-state index contributed by atoms with van der Waals surface area (Å²) in [5.41, 5.74) is 2.23. The molecule has 0 aliphatic carbocycles. The Morgan fingerprint density at radius 1 is 1.17 bits per heavy atom.